The second kappa shape index (κ2) is 6.98. The monoisotopic (exact) mass is 358 g/mol. The molecular weight excluding hydrogens is 344 g/mol. The molecule has 0 fully saturated rings. The first-order valence-electron chi connectivity index (χ1n) is 8.23. The van der Waals surface area contributed by atoms with Gasteiger partial charge in [-0.1, -0.05) is 72.3 Å². The van der Waals surface area contributed by atoms with Crippen LogP contribution in [0.5, 0.6) is 0 Å². The Hall–Kier alpha value is -3.17. The molecule has 0 saturated heterocycles. The highest BCUT2D eigenvalue weighted by Crippen LogP contribution is 2.28. The van der Waals surface area contributed by atoms with Crippen molar-refractivity contribution in [2.45, 2.75) is 0 Å². The van der Waals surface area contributed by atoms with Gasteiger partial charge in [-0.3, -0.25) is 4.79 Å². The predicted octanol–water partition coefficient (Wildman–Crippen LogP) is 5.56. The molecule has 26 heavy (non-hydrogen) atoms. The molecule has 0 unspecified atom stereocenters. The highest BCUT2D eigenvalue weighted by Gasteiger charge is 2.18. The first-order chi connectivity index (χ1) is 12.7. The van der Waals surface area contributed by atoms with E-state index in [0.29, 0.717) is 10.6 Å². The highest BCUT2D eigenvalue weighted by molar-refractivity contribution is 6.30. The van der Waals surface area contributed by atoms with Gasteiger partial charge in [-0.25, -0.2) is 0 Å². The van der Waals surface area contributed by atoms with E-state index in [1.165, 1.54) is 4.68 Å². The van der Waals surface area contributed by atoms with Crippen molar-refractivity contribution in [3.8, 4) is 22.5 Å². The lowest BCUT2D eigenvalue weighted by atomic mass is 10.1. The molecule has 1 aromatic heterocycles. The summed E-state index contributed by atoms with van der Waals surface area (Å²) in [5, 5.41) is 5.24. The minimum absolute atomic E-state index is 0.169. The van der Waals surface area contributed by atoms with Gasteiger partial charge >= 0.3 is 0 Å². The standard InChI is InChI=1S/C22H15ClN2O/c23-19-13-11-17(12-14-19)21-15-20(16-7-3-1-4-8-16)24-25(21)22(26)18-9-5-2-6-10-18/h1-15H. The average Bonchev–Trinajstić information content (AvgIpc) is 3.15. The number of benzene rings is 3. The Kier molecular flexibility index (Phi) is 4.38. The summed E-state index contributed by atoms with van der Waals surface area (Å²) in [6.07, 6.45) is 0. The summed E-state index contributed by atoms with van der Waals surface area (Å²) < 4.78 is 1.46. The maximum Gasteiger partial charge on any atom is 0.278 e. The van der Waals surface area contributed by atoms with Gasteiger partial charge in [0.05, 0.1) is 11.4 Å². The maximum atomic E-state index is 13.0. The predicted molar refractivity (Wildman–Crippen MR) is 104 cm³/mol. The fraction of sp³-hybridized carbons (Fsp3) is 0. The second-order valence-corrected chi connectivity index (χ2v) is 6.31. The van der Waals surface area contributed by atoms with E-state index in [-0.39, 0.29) is 5.91 Å². The Balaban J connectivity index is 1.87. The maximum absolute atomic E-state index is 13.0. The number of hydrogen-bond donors (Lipinski definition) is 0. The summed E-state index contributed by atoms with van der Waals surface area (Å²) >= 11 is 6.01. The van der Waals surface area contributed by atoms with Gasteiger partial charge in [-0.2, -0.15) is 9.78 Å². The largest absolute Gasteiger partial charge is 0.278 e. The molecule has 0 atom stereocenters. The molecule has 0 bridgehead atoms. The van der Waals surface area contributed by atoms with Crippen LogP contribution in [0.25, 0.3) is 22.5 Å². The number of halogens is 1. The first kappa shape index (κ1) is 16.3. The van der Waals surface area contributed by atoms with Crippen LogP contribution in [-0.2, 0) is 0 Å². The summed E-state index contributed by atoms with van der Waals surface area (Å²) in [5.74, 6) is -0.169. The lowest BCUT2D eigenvalue weighted by Crippen LogP contribution is -2.14. The van der Waals surface area contributed by atoms with Gasteiger partial charge in [0.25, 0.3) is 5.91 Å². The average molecular weight is 359 g/mol. The van der Waals surface area contributed by atoms with Crippen molar-refractivity contribution in [3.05, 3.63) is 102 Å². The molecule has 3 aromatic carbocycles. The van der Waals surface area contributed by atoms with Crippen LogP contribution < -0.4 is 0 Å². The van der Waals surface area contributed by atoms with E-state index in [2.05, 4.69) is 5.10 Å². The molecule has 4 aromatic rings. The van der Waals surface area contributed by atoms with Crippen LogP contribution >= 0.6 is 11.6 Å². The molecule has 0 N–H and O–H groups in total. The van der Waals surface area contributed by atoms with E-state index in [4.69, 9.17) is 11.6 Å². The van der Waals surface area contributed by atoms with Crippen molar-refractivity contribution in [2.24, 2.45) is 0 Å². The fourth-order valence-electron chi connectivity index (χ4n) is 2.82. The molecule has 4 rings (SSSR count). The quantitative estimate of drug-likeness (QED) is 0.480. The Morgan fingerprint density at radius 2 is 1.38 bits per heavy atom. The van der Waals surface area contributed by atoms with Crippen molar-refractivity contribution in [2.75, 3.05) is 0 Å². The summed E-state index contributed by atoms with van der Waals surface area (Å²) in [5.41, 5.74) is 3.91. The van der Waals surface area contributed by atoms with Crippen LogP contribution in [0.4, 0.5) is 0 Å². The van der Waals surface area contributed by atoms with Crippen LogP contribution in [0.15, 0.2) is 91.0 Å². The van der Waals surface area contributed by atoms with Gasteiger partial charge in [-0.05, 0) is 30.3 Å². The number of hydrogen-bond acceptors (Lipinski definition) is 2. The zero-order valence-electron chi connectivity index (χ0n) is 13.8. The minimum atomic E-state index is -0.169. The SMILES string of the molecule is O=C(c1ccccc1)n1nc(-c2ccccc2)cc1-c1ccc(Cl)cc1. The fourth-order valence-corrected chi connectivity index (χ4v) is 2.94. The normalized spacial score (nSPS) is 10.7. The van der Waals surface area contributed by atoms with Gasteiger partial charge < -0.3 is 0 Å². The topological polar surface area (TPSA) is 34.9 Å². The zero-order valence-corrected chi connectivity index (χ0v) is 14.6. The van der Waals surface area contributed by atoms with Crippen LogP contribution in [0.2, 0.25) is 5.02 Å². The Morgan fingerprint density at radius 3 is 2.04 bits per heavy atom. The van der Waals surface area contributed by atoms with Gasteiger partial charge in [0.15, 0.2) is 0 Å². The first-order valence-corrected chi connectivity index (χ1v) is 8.61. The van der Waals surface area contributed by atoms with Crippen molar-refractivity contribution in [1.29, 1.82) is 0 Å². The molecule has 4 heteroatoms. The van der Waals surface area contributed by atoms with Crippen LogP contribution in [-0.4, -0.2) is 15.7 Å². The smallest absolute Gasteiger partial charge is 0.267 e. The van der Waals surface area contributed by atoms with Gasteiger partial charge in [-0.15, -0.1) is 0 Å². The number of nitrogens with zero attached hydrogens (tertiary/aromatic N) is 2. The van der Waals surface area contributed by atoms with E-state index in [1.54, 1.807) is 12.1 Å². The molecule has 0 saturated carbocycles. The van der Waals surface area contributed by atoms with Gasteiger partial charge in [0.1, 0.15) is 0 Å². The van der Waals surface area contributed by atoms with E-state index in [9.17, 15) is 4.79 Å². The summed E-state index contributed by atoms with van der Waals surface area (Å²) in [7, 11) is 0. The van der Waals surface area contributed by atoms with E-state index in [1.807, 2.05) is 78.9 Å². The minimum Gasteiger partial charge on any atom is -0.267 e. The lowest BCUT2D eigenvalue weighted by molar-refractivity contribution is 0.0947. The van der Waals surface area contributed by atoms with Crippen LogP contribution in [0.3, 0.4) is 0 Å². The van der Waals surface area contributed by atoms with Crippen molar-refractivity contribution in [3.63, 3.8) is 0 Å². The highest BCUT2D eigenvalue weighted by atomic mass is 35.5. The molecule has 0 aliphatic carbocycles. The number of rotatable bonds is 3. The molecule has 0 spiro atoms. The third-order valence-electron chi connectivity index (χ3n) is 4.13. The Labute approximate surface area is 156 Å². The van der Waals surface area contributed by atoms with Gasteiger partial charge in [0.2, 0.25) is 0 Å². The summed E-state index contributed by atoms with van der Waals surface area (Å²) in [4.78, 5) is 13.0. The molecule has 1 heterocycles. The molecule has 0 radical (unpaired) electrons. The number of carbonyl (C=O) groups is 1. The summed E-state index contributed by atoms with van der Waals surface area (Å²) in [6, 6.07) is 28.3. The van der Waals surface area contributed by atoms with Crippen molar-refractivity contribution >= 4 is 17.5 Å². The molecular formula is C22H15ClN2O. The van der Waals surface area contributed by atoms with Crippen LogP contribution in [0, 0.1) is 0 Å². The number of aromatic nitrogens is 2. The van der Waals surface area contributed by atoms with E-state index < -0.39 is 0 Å². The van der Waals surface area contributed by atoms with Crippen molar-refractivity contribution in [1.82, 2.24) is 9.78 Å². The molecule has 0 amide bonds. The van der Waals surface area contributed by atoms with Gasteiger partial charge in [0, 0.05) is 21.7 Å². The van der Waals surface area contributed by atoms with E-state index in [0.717, 1.165) is 22.5 Å². The van der Waals surface area contributed by atoms with Crippen molar-refractivity contribution < 1.29 is 4.79 Å². The lowest BCUT2D eigenvalue weighted by Gasteiger charge is -2.06. The third-order valence-corrected chi connectivity index (χ3v) is 4.38. The molecule has 0 aliphatic rings. The van der Waals surface area contributed by atoms with E-state index >= 15 is 0 Å². The van der Waals surface area contributed by atoms with Crippen LogP contribution in [0.1, 0.15) is 10.4 Å². The summed E-state index contributed by atoms with van der Waals surface area (Å²) in [6.45, 7) is 0. The Bertz CT molecular complexity index is 1040. The Morgan fingerprint density at radius 1 is 0.769 bits per heavy atom. The number of carbonyl (C=O) groups excluding carboxylic acids is 1. The second-order valence-electron chi connectivity index (χ2n) is 5.87. The zero-order chi connectivity index (χ0) is 17.9. The molecule has 126 valence electrons. The third kappa shape index (κ3) is 3.17. The molecule has 0 aliphatic heterocycles. The molecule has 3 nitrogen and oxygen atoms in total.